The van der Waals surface area contributed by atoms with Crippen LogP contribution in [0.5, 0.6) is 0 Å². The molecule has 2 rings (SSSR count). The highest BCUT2D eigenvalue weighted by molar-refractivity contribution is 7.92. The van der Waals surface area contributed by atoms with Gasteiger partial charge in [-0.2, -0.15) is 0 Å². The minimum absolute atomic E-state index is 0.0113. The second-order valence-corrected chi connectivity index (χ2v) is 7.77. The molecule has 0 fully saturated rings. The molecule has 31 heavy (non-hydrogen) atoms. The van der Waals surface area contributed by atoms with Crippen molar-refractivity contribution in [3.05, 3.63) is 59.2 Å². The molecule has 0 aliphatic carbocycles. The van der Waals surface area contributed by atoms with Crippen molar-refractivity contribution in [1.82, 2.24) is 0 Å². The summed E-state index contributed by atoms with van der Waals surface area (Å²) >= 11 is 0. The molecule has 0 radical (unpaired) electrons. The fraction of sp³-hybridized carbons (Fsp3) is 0.286. The van der Waals surface area contributed by atoms with E-state index in [4.69, 9.17) is 14.2 Å². The van der Waals surface area contributed by atoms with Gasteiger partial charge in [-0.05, 0) is 63.2 Å². The first-order chi connectivity index (χ1) is 14.7. The number of carbonyl (C=O) groups excluding carboxylic acids is 3. The van der Waals surface area contributed by atoms with Crippen LogP contribution in [0.4, 0.5) is 5.69 Å². The number of anilines is 1. The maximum Gasteiger partial charge on any atom is 0.338 e. The van der Waals surface area contributed by atoms with Crippen molar-refractivity contribution in [3.8, 4) is 0 Å². The Balaban J connectivity index is 2.37. The van der Waals surface area contributed by atoms with Crippen LogP contribution in [0.1, 0.15) is 51.8 Å². The summed E-state index contributed by atoms with van der Waals surface area (Å²) < 4.78 is 42.6. The molecule has 9 nitrogen and oxygen atoms in total. The van der Waals surface area contributed by atoms with Gasteiger partial charge in [-0.25, -0.2) is 22.8 Å². The highest BCUT2D eigenvalue weighted by Gasteiger charge is 2.19. The van der Waals surface area contributed by atoms with Crippen LogP contribution in [0.3, 0.4) is 0 Å². The van der Waals surface area contributed by atoms with E-state index in [1.165, 1.54) is 42.5 Å². The SMILES string of the molecule is CCOC(=O)c1ccc(S(=O)(=O)Nc2cc(C(=O)OCC)cc(C(=O)OCC)c2)cc1. The van der Waals surface area contributed by atoms with Crippen molar-refractivity contribution >= 4 is 33.6 Å². The van der Waals surface area contributed by atoms with E-state index in [9.17, 15) is 22.8 Å². The standard InChI is InChI=1S/C21H23NO8S/c1-4-28-19(23)14-7-9-18(10-8-14)31(26,27)22-17-12-15(20(24)29-5-2)11-16(13-17)21(25)30-6-3/h7-13,22H,4-6H2,1-3H3. The van der Waals surface area contributed by atoms with Crippen LogP contribution in [-0.4, -0.2) is 46.1 Å². The number of nitrogens with one attached hydrogen (secondary N) is 1. The van der Waals surface area contributed by atoms with Crippen LogP contribution in [0, 0.1) is 0 Å². The molecule has 2 aromatic rings. The molecule has 0 aliphatic heterocycles. The lowest BCUT2D eigenvalue weighted by atomic mass is 10.1. The second-order valence-electron chi connectivity index (χ2n) is 6.09. The summed E-state index contributed by atoms with van der Waals surface area (Å²) in [6.07, 6.45) is 0. The Hall–Kier alpha value is -3.40. The topological polar surface area (TPSA) is 125 Å². The lowest BCUT2D eigenvalue weighted by Gasteiger charge is -2.12. The molecule has 166 valence electrons. The number of carbonyl (C=O) groups is 3. The van der Waals surface area contributed by atoms with Crippen molar-refractivity contribution < 1.29 is 37.0 Å². The first kappa shape index (κ1) is 23.9. The van der Waals surface area contributed by atoms with Crippen molar-refractivity contribution in [2.24, 2.45) is 0 Å². The zero-order chi connectivity index (χ0) is 23.0. The summed E-state index contributed by atoms with van der Waals surface area (Å²) in [6, 6.07) is 8.92. The van der Waals surface area contributed by atoms with E-state index in [-0.39, 0.29) is 47.1 Å². The van der Waals surface area contributed by atoms with E-state index in [0.29, 0.717) is 0 Å². The Bertz CT molecular complexity index is 1030. The zero-order valence-electron chi connectivity index (χ0n) is 17.3. The molecule has 2 aromatic carbocycles. The largest absolute Gasteiger partial charge is 0.462 e. The van der Waals surface area contributed by atoms with Crippen LogP contribution in [0.2, 0.25) is 0 Å². The van der Waals surface area contributed by atoms with Crippen LogP contribution in [-0.2, 0) is 24.2 Å². The highest BCUT2D eigenvalue weighted by Crippen LogP contribution is 2.21. The molecule has 1 N–H and O–H groups in total. The van der Waals surface area contributed by atoms with Crippen LogP contribution in [0.25, 0.3) is 0 Å². The number of esters is 3. The zero-order valence-corrected chi connectivity index (χ0v) is 18.2. The van der Waals surface area contributed by atoms with Gasteiger partial charge in [0.1, 0.15) is 0 Å². The van der Waals surface area contributed by atoms with E-state index >= 15 is 0 Å². The fourth-order valence-electron chi connectivity index (χ4n) is 2.55. The van der Waals surface area contributed by atoms with Gasteiger partial charge in [0.15, 0.2) is 0 Å². The van der Waals surface area contributed by atoms with Crippen LogP contribution in [0.15, 0.2) is 47.4 Å². The number of ether oxygens (including phenoxy) is 3. The van der Waals surface area contributed by atoms with Gasteiger partial charge in [0, 0.05) is 0 Å². The number of rotatable bonds is 9. The van der Waals surface area contributed by atoms with Crippen molar-refractivity contribution in [1.29, 1.82) is 0 Å². The van der Waals surface area contributed by atoms with Gasteiger partial charge >= 0.3 is 17.9 Å². The van der Waals surface area contributed by atoms with Gasteiger partial charge in [0.05, 0.1) is 47.1 Å². The molecule has 0 unspecified atom stereocenters. The Morgan fingerprint density at radius 1 is 0.710 bits per heavy atom. The molecular weight excluding hydrogens is 426 g/mol. The Kier molecular flexibility index (Phi) is 8.14. The molecule has 0 aliphatic rings. The Morgan fingerprint density at radius 2 is 1.13 bits per heavy atom. The minimum Gasteiger partial charge on any atom is -0.462 e. The molecule has 10 heteroatoms. The van der Waals surface area contributed by atoms with Crippen molar-refractivity contribution in [3.63, 3.8) is 0 Å². The summed E-state index contributed by atoms with van der Waals surface area (Å²) in [4.78, 5) is 35.9. The number of sulfonamides is 1. The van der Waals surface area contributed by atoms with Gasteiger partial charge in [-0.15, -0.1) is 0 Å². The van der Waals surface area contributed by atoms with Gasteiger partial charge in [-0.1, -0.05) is 0 Å². The van der Waals surface area contributed by atoms with E-state index < -0.39 is 27.9 Å². The maximum absolute atomic E-state index is 12.8. The highest BCUT2D eigenvalue weighted by atomic mass is 32.2. The minimum atomic E-state index is -4.08. The maximum atomic E-state index is 12.8. The van der Waals surface area contributed by atoms with Gasteiger partial charge in [0.25, 0.3) is 10.0 Å². The summed E-state index contributed by atoms with van der Waals surface area (Å²) in [7, 11) is -4.08. The lowest BCUT2D eigenvalue weighted by Crippen LogP contribution is -2.16. The third-order valence-electron chi connectivity index (χ3n) is 3.88. The third-order valence-corrected chi connectivity index (χ3v) is 5.28. The molecule has 0 saturated carbocycles. The lowest BCUT2D eigenvalue weighted by molar-refractivity contribution is 0.0512. The third kappa shape index (κ3) is 6.29. The van der Waals surface area contributed by atoms with Gasteiger partial charge in [0.2, 0.25) is 0 Å². The second kappa shape index (κ2) is 10.6. The molecule has 0 aromatic heterocycles. The fourth-order valence-corrected chi connectivity index (χ4v) is 3.59. The average molecular weight is 449 g/mol. The monoisotopic (exact) mass is 449 g/mol. The van der Waals surface area contributed by atoms with Crippen molar-refractivity contribution in [2.45, 2.75) is 25.7 Å². The molecule has 0 atom stereocenters. The smallest absolute Gasteiger partial charge is 0.338 e. The molecule has 0 amide bonds. The average Bonchev–Trinajstić information content (AvgIpc) is 2.74. The number of benzene rings is 2. The van der Waals surface area contributed by atoms with Gasteiger partial charge in [-0.3, -0.25) is 4.72 Å². The molecule has 0 spiro atoms. The molecular formula is C21H23NO8S. The predicted octanol–water partition coefficient (Wildman–Crippen LogP) is 3.02. The summed E-state index contributed by atoms with van der Waals surface area (Å²) in [5.74, 6) is -2.00. The van der Waals surface area contributed by atoms with Crippen LogP contribution >= 0.6 is 0 Å². The normalized spacial score (nSPS) is 10.8. The quantitative estimate of drug-likeness (QED) is 0.457. The van der Waals surface area contributed by atoms with Crippen LogP contribution < -0.4 is 4.72 Å². The first-order valence-electron chi connectivity index (χ1n) is 9.51. The molecule has 0 bridgehead atoms. The number of hydrogen-bond acceptors (Lipinski definition) is 8. The van der Waals surface area contributed by atoms with Gasteiger partial charge < -0.3 is 14.2 Å². The summed E-state index contributed by atoms with van der Waals surface area (Å²) in [6.45, 7) is 5.32. The molecule has 0 saturated heterocycles. The first-order valence-corrected chi connectivity index (χ1v) is 11.0. The number of hydrogen-bond donors (Lipinski definition) is 1. The molecule has 0 heterocycles. The summed E-state index contributed by atoms with van der Waals surface area (Å²) in [5, 5.41) is 0. The van der Waals surface area contributed by atoms with E-state index in [0.717, 1.165) is 0 Å². The summed E-state index contributed by atoms with van der Waals surface area (Å²) in [5.41, 5.74) is 0.156. The van der Waals surface area contributed by atoms with E-state index in [1.54, 1.807) is 20.8 Å². The Labute approximate surface area is 180 Å². The predicted molar refractivity (Wildman–Crippen MR) is 112 cm³/mol. The Morgan fingerprint density at radius 3 is 1.55 bits per heavy atom. The van der Waals surface area contributed by atoms with E-state index in [1.807, 2.05) is 0 Å². The van der Waals surface area contributed by atoms with Crippen molar-refractivity contribution in [2.75, 3.05) is 24.5 Å². The van der Waals surface area contributed by atoms with E-state index in [2.05, 4.69) is 4.72 Å².